The summed E-state index contributed by atoms with van der Waals surface area (Å²) < 4.78 is 11.8. The molecule has 1 fully saturated rings. The second kappa shape index (κ2) is 5.29. The summed E-state index contributed by atoms with van der Waals surface area (Å²) in [6, 6.07) is 6.99. The number of fused-ring (bicyclic) bond motifs is 4. The number of rotatable bonds is 2. The van der Waals surface area contributed by atoms with E-state index < -0.39 is 17.6 Å². The summed E-state index contributed by atoms with van der Waals surface area (Å²) in [7, 11) is 0. The number of allylic oxidation sites excluding steroid dienone is 2. The van der Waals surface area contributed by atoms with Crippen molar-refractivity contribution in [3.63, 3.8) is 0 Å². The maximum atomic E-state index is 11.8. The maximum Gasteiger partial charge on any atom is 0.321 e. The number of benzene rings is 1. The van der Waals surface area contributed by atoms with Crippen LogP contribution in [0, 0.1) is 0 Å². The molecule has 2 unspecified atom stereocenters. The lowest BCUT2D eigenvalue weighted by atomic mass is 9.79. The van der Waals surface area contributed by atoms with Crippen molar-refractivity contribution >= 4 is 16.9 Å². The van der Waals surface area contributed by atoms with E-state index in [1.165, 1.54) is 0 Å². The number of carboxylic acids is 1. The van der Waals surface area contributed by atoms with Gasteiger partial charge in [-0.3, -0.25) is 10.1 Å². The minimum atomic E-state index is -0.858. The molecule has 4 atom stereocenters. The van der Waals surface area contributed by atoms with E-state index in [9.17, 15) is 9.90 Å². The normalized spacial score (nSPS) is 33.4. The number of carboxylic acid groups (broad SMARTS) is 1. The Morgan fingerprint density at radius 2 is 2.16 bits per heavy atom. The topological polar surface area (TPSA) is 83.6 Å². The molecule has 3 aliphatic rings. The average Bonchev–Trinajstić information content (AvgIpc) is 3.22. The number of aliphatic carboxylic acids is 1. The van der Waals surface area contributed by atoms with Gasteiger partial charge in [-0.25, -0.2) is 0 Å². The summed E-state index contributed by atoms with van der Waals surface area (Å²) in [5.74, 6) is -0.858. The van der Waals surface area contributed by atoms with E-state index >= 15 is 0 Å². The van der Waals surface area contributed by atoms with Crippen LogP contribution in [-0.4, -0.2) is 40.6 Å². The zero-order chi connectivity index (χ0) is 17.0. The monoisotopic (exact) mass is 338 g/mol. The highest BCUT2D eigenvalue weighted by Crippen LogP contribution is 2.45. The number of carbonyl (C=O) groups is 1. The van der Waals surface area contributed by atoms with Gasteiger partial charge >= 0.3 is 5.97 Å². The van der Waals surface area contributed by atoms with Gasteiger partial charge in [0, 0.05) is 23.0 Å². The first-order valence-corrected chi connectivity index (χ1v) is 8.39. The van der Waals surface area contributed by atoms with Crippen molar-refractivity contribution in [3.05, 3.63) is 59.8 Å². The zero-order valence-corrected chi connectivity index (χ0v) is 13.4. The fourth-order valence-electron chi connectivity index (χ4n) is 4.23. The van der Waals surface area contributed by atoms with Crippen molar-refractivity contribution in [1.82, 2.24) is 10.3 Å². The van der Waals surface area contributed by atoms with E-state index in [0.29, 0.717) is 6.42 Å². The number of H-pyrrole nitrogens is 1. The van der Waals surface area contributed by atoms with Crippen LogP contribution in [0.25, 0.3) is 10.9 Å². The summed E-state index contributed by atoms with van der Waals surface area (Å²) in [5, 5.41) is 14.0. The first-order chi connectivity index (χ1) is 12.2. The lowest BCUT2D eigenvalue weighted by Gasteiger charge is -2.41. The molecule has 128 valence electrons. The Labute approximate surface area is 144 Å². The molecule has 2 aromatic rings. The standard InChI is InChI=1S/C19H18N2O4/c22-18(23)14-9-12-11-5-1-2-6-13(11)20-16(12)17(21-14)19-8-4-3-7-15(19)24-10-25-19/h1-8,14-15,17,20-21H,9-10H2,(H,22,23)/t14-,15?,17-,19?/m0/s1. The number of hydrogen-bond donors (Lipinski definition) is 3. The largest absolute Gasteiger partial charge is 0.480 e. The molecule has 3 N–H and O–H groups in total. The van der Waals surface area contributed by atoms with E-state index in [-0.39, 0.29) is 18.9 Å². The fraction of sp³-hybridized carbons (Fsp3) is 0.316. The minimum absolute atomic E-state index is 0.185. The number of hydrogen-bond acceptors (Lipinski definition) is 4. The smallest absolute Gasteiger partial charge is 0.321 e. The van der Waals surface area contributed by atoms with Crippen molar-refractivity contribution in [2.75, 3.05) is 6.79 Å². The molecule has 6 nitrogen and oxygen atoms in total. The third kappa shape index (κ3) is 2.05. The van der Waals surface area contributed by atoms with Crippen LogP contribution >= 0.6 is 0 Å². The number of nitrogens with one attached hydrogen (secondary N) is 2. The number of ether oxygens (including phenoxy) is 2. The van der Waals surface area contributed by atoms with Gasteiger partial charge in [-0.2, -0.15) is 0 Å². The van der Waals surface area contributed by atoms with Crippen LogP contribution in [0.5, 0.6) is 0 Å². The number of aromatic amines is 1. The SMILES string of the molecule is O=C(O)[C@@H]1Cc2c([nH]c3ccccc23)[C@@H](C23C=CC=CC2OCO3)N1. The third-order valence-corrected chi connectivity index (χ3v) is 5.42. The fourth-order valence-corrected chi connectivity index (χ4v) is 4.23. The molecule has 0 bridgehead atoms. The number of para-hydroxylation sites is 1. The van der Waals surface area contributed by atoms with E-state index in [4.69, 9.17) is 9.47 Å². The summed E-state index contributed by atoms with van der Waals surface area (Å²) in [6.07, 6.45) is 7.98. The van der Waals surface area contributed by atoms with Gasteiger partial charge in [0.15, 0.2) is 0 Å². The van der Waals surface area contributed by atoms with E-state index in [1.807, 2.05) is 48.6 Å². The lowest BCUT2D eigenvalue weighted by Crippen LogP contribution is -2.56. The van der Waals surface area contributed by atoms with Gasteiger partial charge in [0.25, 0.3) is 0 Å². The van der Waals surface area contributed by atoms with Gasteiger partial charge in [0.05, 0.1) is 6.04 Å². The van der Waals surface area contributed by atoms with E-state index in [0.717, 1.165) is 22.2 Å². The van der Waals surface area contributed by atoms with Crippen LogP contribution in [0.15, 0.2) is 48.6 Å². The van der Waals surface area contributed by atoms with Gasteiger partial charge in [-0.15, -0.1) is 0 Å². The summed E-state index contributed by atoms with van der Waals surface area (Å²) in [6.45, 7) is 0.185. The molecule has 0 amide bonds. The van der Waals surface area contributed by atoms with E-state index in [1.54, 1.807) is 0 Å². The number of aromatic nitrogens is 1. The molecule has 0 saturated carbocycles. The Morgan fingerprint density at radius 3 is 3.04 bits per heavy atom. The molecule has 1 saturated heterocycles. The Bertz CT molecular complexity index is 915. The minimum Gasteiger partial charge on any atom is -0.480 e. The van der Waals surface area contributed by atoms with Gasteiger partial charge in [0.2, 0.25) is 0 Å². The highest BCUT2D eigenvalue weighted by Gasteiger charge is 2.53. The molecular weight excluding hydrogens is 320 g/mol. The molecule has 3 heterocycles. The highest BCUT2D eigenvalue weighted by molar-refractivity contribution is 5.87. The molecular formula is C19H18N2O4. The Hall–Kier alpha value is -2.41. The quantitative estimate of drug-likeness (QED) is 0.780. The molecule has 6 heteroatoms. The molecule has 1 aromatic heterocycles. The van der Waals surface area contributed by atoms with Crippen LogP contribution < -0.4 is 5.32 Å². The lowest BCUT2D eigenvalue weighted by molar-refractivity contribution is -0.140. The van der Waals surface area contributed by atoms with Crippen molar-refractivity contribution in [2.24, 2.45) is 0 Å². The van der Waals surface area contributed by atoms with Crippen LogP contribution in [-0.2, 0) is 20.7 Å². The predicted molar refractivity (Wildman–Crippen MR) is 91.1 cm³/mol. The van der Waals surface area contributed by atoms with Gasteiger partial charge < -0.3 is 19.6 Å². The van der Waals surface area contributed by atoms with Crippen LogP contribution in [0.4, 0.5) is 0 Å². The maximum absolute atomic E-state index is 11.8. The first kappa shape index (κ1) is 14.9. The third-order valence-electron chi connectivity index (χ3n) is 5.42. The van der Waals surface area contributed by atoms with E-state index in [2.05, 4.69) is 10.3 Å². The highest BCUT2D eigenvalue weighted by atomic mass is 16.7. The molecule has 0 radical (unpaired) electrons. The van der Waals surface area contributed by atoms with Gasteiger partial charge in [-0.05, 0) is 17.7 Å². The van der Waals surface area contributed by atoms with Gasteiger partial charge in [0.1, 0.15) is 24.5 Å². The average molecular weight is 338 g/mol. The zero-order valence-electron chi connectivity index (χ0n) is 13.4. The Kier molecular flexibility index (Phi) is 3.15. The Morgan fingerprint density at radius 1 is 1.28 bits per heavy atom. The van der Waals surface area contributed by atoms with Gasteiger partial charge in [-0.1, -0.05) is 36.4 Å². The predicted octanol–water partition coefficient (Wildman–Crippen LogP) is 2.05. The summed E-state index contributed by atoms with van der Waals surface area (Å²) in [5.41, 5.74) is 2.28. The molecule has 2 aliphatic heterocycles. The molecule has 25 heavy (non-hydrogen) atoms. The summed E-state index contributed by atoms with van der Waals surface area (Å²) in [4.78, 5) is 15.2. The summed E-state index contributed by atoms with van der Waals surface area (Å²) >= 11 is 0. The van der Waals surface area contributed by atoms with Crippen molar-refractivity contribution in [2.45, 2.75) is 30.2 Å². The van der Waals surface area contributed by atoms with Crippen LogP contribution in [0.2, 0.25) is 0 Å². The second-order valence-electron chi connectivity index (χ2n) is 6.70. The van der Waals surface area contributed by atoms with Crippen molar-refractivity contribution in [3.8, 4) is 0 Å². The van der Waals surface area contributed by atoms with Crippen molar-refractivity contribution in [1.29, 1.82) is 0 Å². The molecule has 0 spiro atoms. The van der Waals surface area contributed by atoms with Crippen LogP contribution in [0.1, 0.15) is 17.3 Å². The Balaban J connectivity index is 1.71. The first-order valence-electron chi connectivity index (χ1n) is 8.39. The second-order valence-corrected chi connectivity index (χ2v) is 6.70. The molecule has 1 aliphatic carbocycles. The molecule has 5 rings (SSSR count). The van der Waals surface area contributed by atoms with Crippen LogP contribution in [0.3, 0.4) is 0 Å². The van der Waals surface area contributed by atoms with Crippen molar-refractivity contribution < 1.29 is 19.4 Å². The molecule has 1 aromatic carbocycles.